The van der Waals surface area contributed by atoms with Gasteiger partial charge >= 0.3 is 0 Å². The van der Waals surface area contributed by atoms with Gasteiger partial charge in [-0.15, -0.1) is 12.4 Å². The molecule has 1 atom stereocenters. The lowest BCUT2D eigenvalue weighted by molar-refractivity contribution is -0.125. The van der Waals surface area contributed by atoms with Crippen molar-refractivity contribution in [3.05, 3.63) is 29.3 Å². The van der Waals surface area contributed by atoms with E-state index in [4.69, 9.17) is 4.74 Å². The van der Waals surface area contributed by atoms with E-state index in [-0.39, 0.29) is 25.1 Å². The quantitative estimate of drug-likeness (QED) is 0.754. The average Bonchev–Trinajstić information content (AvgIpc) is 2.54. The smallest absolute Gasteiger partial charge is 0.241 e. The van der Waals surface area contributed by atoms with Crippen LogP contribution in [0.25, 0.3) is 0 Å². The topological polar surface area (TPSA) is 84.5 Å². The molecule has 0 aliphatic carbocycles. The molecule has 1 aromatic rings. The third-order valence-corrected chi connectivity index (χ3v) is 6.81. The number of carbonyl (C=O) groups is 1. The van der Waals surface area contributed by atoms with Crippen LogP contribution in [0.3, 0.4) is 0 Å². The van der Waals surface area contributed by atoms with Gasteiger partial charge < -0.3 is 15.4 Å². The van der Waals surface area contributed by atoms with Gasteiger partial charge in [0.15, 0.2) is 14.6 Å². The van der Waals surface area contributed by atoms with Crippen molar-refractivity contribution >= 4 is 28.2 Å². The number of amides is 1. The number of aryl methyl sites for hydroxylation is 2. The predicted octanol–water partition coefficient (Wildman–Crippen LogP) is 1.78. The van der Waals surface area contributed by atoms with Crippen LogP contribution in [0.2, 0.25) is 0 Å². The predicted molar refractivity (Wildman–Crippen MR) is 106 cm³/mol. The maximum Gasteiger partial charge on any atom is 0.241 e. The van der Waals surface area contributed by atoms with Crippen molar-refractivity contribution < 1.29 is 17.9 Å². The Kier molecular flexibility index (Phi) is 7.92. The van der Waals surface area contributed by atoms with Gasteiger partial charge in [-0.05, 0) is 57.8 Å². The van der Waals surface area contributed by atoms with Gasteiger partial charge in [-0.2, -0.15) is 0 Å². The first-order valence-corrected chi connectivity index (χ1v) is 10.5. The molecule has 2 N–H and O–H groups in total. The van der Waals surface area contributed by atoms with Gasteiger partial charge in [-0.3, -0.25) is 4.79 Å². The second-order valence-corrected chi connectivity index (χ2v) is 9.25. The Morgan fingerprint density at radius 3 is 2.31 bits per heavy atom. The van der Waals surface area contributed by atoms with Crippen molar-refractivity contribution in [2.45, 2.75) is 44.4 Å². The molecule has 26 heavy (non-hydrogen) atoms. The first-order chi connectivity index (χ1) is 11.7. The van der Waals surface area contributed by atoms with Crippen molar-refractivity contribution in [1.29, 1.82) is 0 Å². The maximum atomic E-state index is 12.7. The number of para-hydroxylation sites is 1. The summed E-state index contributed by atoms with van der Waals surface area (Å²) in [4.78, 5) is 12.7. The first kappa shape index (κ1) is 22.7. The van der Waals surface area contributed by atoms with E-state index in [1.807, 2.05) is 39.0 Å². The second kappa shape index (κ2) is 9.06. The highest BCUT2D eigenvalue weighted by Crippen LogP contribution is 2.28. The molecule has 0 aromatic heterocycles. The van der Waals surface area contributed by atoms with Crippen molar-refractivity contribution in [1.82, 2.24) is 10.6 Å². The van der Waals surface area contributed by atoms with E-state index in [1.54, 1.807) is 0 Å². The van der Waals surface area contributed by atoms with Gasteiger partial charge in [0.1, 0.15) is 12.4 Å². The Labute approximate surface area is 162 Å². The van der Waals surface area contributed by atoms with Gasteiger partial charge in [-0.25, -0.2) is 8.42 Å². The van der Waals surface area contributed by atoms with Gasteiger partial charge in [0.05, 0.1) is 6.04 Å². The molecule has 1 fully saturated rings. The highest BCUT2D eigenvalue weighted by atomic mass is 35.5. The Morgan fingerprint density at radius 1 is 1.27 bits per heavy atom. The largest absolute Gasteiger partial charge is 0.491 e. The third kappa shape index (κ3) is 4.90. The fraction of sp³-hybridized carbons (Fsp3) is 0.611. The molecule has 8 heteroatoms. The van der Waals surface area contributed by atoms with E-state index < -0.39 is 20.5 Å². The first-order valence-electron chi connectivity index (χ1n) is 8.58. The summed E-state index contributed by atoms with van der Waals surface area (Å²) < 4.78 is 29.1. The molecule has 1 aliphatic heterocycles. The second-order valence-electron chi connectivity index (χ2n) is 6.92. The van der Waals surface area contributed by atoms with Crippen LogP contribution in [0.1, 0.15) is 30.9 Å². The van der Waals surface area contributed by atoms with Crippen LogP contribution in [0.5, 0.6) is 5.75 Å². The van der Waals surface area contributed by atoms with E-state index in [1.165, 1.54) is 0 Å². The highest BCUT2D eigenvalue weighted by Gasteiger charge is 2.48. The van der Waals surface area contributed by atoms with Gasteiger partial charge in [0, 0.05) is 6.26 Å². The Morgan fingerprint density at radius 2 is 1.81 bits per heavy atom. The van der Waals surface area contributed by atoms with Crippen LogP contribution in [-0.4, -0.2) is 51.1 Å². The Balaban J connectivity index is 0.00000338. The SMILES string of the molecule is Cc1cccc(C)c1OCC(C)NC(=O)C1(S(C)(=O)=O)CCNCC1.Cl. The maximum absolute atomic E-state index is 12.7. The van der Waals surface area contributed by atoms with E-state index in [2.05, 4.69) is 10.6 Å². The highest BCUT2D eigenvalue weighted by molar-refractivity contribution is 7.92. The van der Waals surface area contributed by atoms with Crippen LogP contribution in [0, 0.1) is 13.8 Å². The number of sulfone groups is 1. The molecule has 1 heterocycles. The normalized spacial score (nSPS) is 17.7. The van der Waals surface area contributed by atoms with Crippen molar-refractivity contribution in [3.8, 4) is 5.75 Å². The molecule has 6 nitrogen and oxygen atoms in total. The van der Waals surface area contributed by atoms with Crippen LogP contribution in [-0.2, 0) is 14.6 Å². The standard InChI is InChI=1S/C18H28N2O4S.ClH/c1-13-6-5-7-14(2)16(13)24-12-15(3)20-17(21)18(25(4,22)23)8-10-19-11-9-18;/h5-7,15,19H,8-12H2,1-4H3,(H,20,21);1H. The summed E-state index contributed by atoms with van der Waals surface area (Å²) in [6.07, 6.45) is 1.74. The minimum atomic E-state index is -3.51. The van der Waals surface area contributed by atoms with Crippen molar-refractivity contribution in [2.24, 2.45) is 0 Å². The summed E-state index contributed by atoms with van der Waals surface area (Å²) >= 11 is 0. The van der Waals surface area contributed by atoms with E-state index >= 15 is 0 Å². The molecular formula is C18H29ClN2O4S. The minimum absolute atomic E-state index is 0. The third-order valence-electron chi connectivity index (χ3n) is 4.80. The summed E-state index contributed by atoms with van der Waals surface area (Å²) in [6, 6.07) is 5.62. The molecule has 148 valence electrons. The Bertz CT molecular complexity index is 710. The number of benzene rings is 1. The average molecular weight is 405 g/mol. The molecular weight excluding hydrogens is 376 g/mol. The van der Waals surface area contributed by atoms with Crippen molar-refractivity contribution in [2.75, 3.05) is 26.0 Å². The summed E-state index contributed by atoms with van der Waals surface area (Å²) in [5, 5.41) is 5.95. The number of hydrogen-bond acceptors (Lipinski definition) is 5. The molecule has 1 saturated heterocycles. The monoisotopic (exact) mass is 404 g/mol. The van der Waals surface area contributed by atoms with Gasteiger partial charge in [-0.1, -0.05) is 18.2 Å². The molecule has 2 rings (SSSR count). The number of nitrogens with one attached hydrogen (secondary N) is 2. The van der Waals surface area contributed by atoms with E-state index in [0.717, 1.165) is 23.1 Å². The van der Waals surface area contributed by atoms with E-state index in [0.29, 0.717) is 25.9 Å². The van der Waals surface area contributed by atoms with Crippen LogP contribution in [0.15, 0.2) is 18.2 Å². The lowest BCUT2D eigenvalue weighted by Crippen LogP contribution is -2.59. The molecule has 0 spiro atoms. The fourth-order valence-electron chi connectivity index (χ4n) is 3.23. The number of ether oxygens (including phenoxy) is 1. The van der Waals surface area contributed by atoms with Crippen molar-refractivity contribution in [3.63, 3.8) is 0 Å². The molecule has 1 amide bonds. The number of halogens is 1. The molecule has 0 saturated carbocycles. The zero-order valence-electron chi connectivity index (χ0n) is 15.8. The lowest BCUT2D eigenvalue weighted by atomic mass is 9.95. The zero-order chi connectivity index (χ0) is 18.7. The molecule has 1 unspecified atom stereocenters. The zero-order valence-corrected chi connectivity index (χ0v) is 17.4. The summed E-state index contributed by atoms with van der Waals surface area (Å²) in [6.45, 7) is 7.10. The van der Waals surface area contributed by atoms with Crippen LogP contribution in [0.4, 0.5) is 0 Å². The molecule has 1 aromatic carbocycles. The molecule has 0 bridgehead atoms. The summed E-state index contributed by atoms with van der Waals surface area (Å²) in [5.41, 5.74) is 2.06. The van der Waals surface area contributed by atoms with Gasteiger partial charge in [0.2, 0.25) is 5.91 Å². The molecule has 1 aliphatic rings. The number of rotatable bonds is 6. The fourth-order valence-corrected chi connectivity index (χ4v) is 4.57. The van der Waals surface area contributed by atoms with Crippen LogP contribution >= 0.6 is 12.4 Å². The number of carbonyl (C=O) groups excluding carboxylic acids is 1. The van der Waals surface area contributed by atoms with Crippen LogP contribution < -0.4 is 15.4 Å². The lowest BCUT2D eigenvalue weighted by Gasteiger charge is -2.35. The van der Waals surface area contributed by atoms with E-state index in [9.17, 15) is 13.2 Å². The number of piperidine rings is 1. The number of hydrogen-bond donors (Lipinski definition) is 2. The Hall–Kier alpha value is -1.31. The summed E-state index contributed by atoms with van der Waals surface area (Å²) in [7, 11) is -3.51. The minimum Gasteiger partial charge on any atom is -0.491 e. The summed E-state index contributed by atoms with van der Waals surface area (Å²) in [5.74, 6) is 0.386. The molecule has 0 radical (unpaired) electrons. The van der Waals surface area contributed by atoms with Gasteiger partial charge in [0.25, 0.3) is 0 Å².